The maximum Gasteiger partial charge on any atom is 0.261 e. The summed E-state index contributed by atoms with van der Waals surface area (Å²) in [5.74, 6) is 0.293. The minimum Gasteiger partial charge on any atom is -0.497 e. The van der Waals surface area contributed by atoms with Gasteiger partial charge in [0.2, 0.25) is 5.91 Å². The lowest BCUT2D eigenvalue weighted by Gasteiger charge is -2.09. The number of fused-ring (bicyclic) bond motifs is 1. The normalized spacial score (nSPS) is 13.5. The summed E-state index contributed by atoms with van der Waals surface area (Å²) in [5, 5.41) is 13.0. The summed E-state index contributed by atoms with van der Waals surface area (Å²) in [7, 11) is -2.22. The molecule has 4 rings (SSSR count). The number of aryl methyl sites for hydroxylation is 1. The second-order valence-electron chi connectivity index (χ2n) is 8.11. The number of methoxy groups -OCH3 is 1. The first-order chi connectivity index (χ1) is 16.9. The molecular weight excluding hydrogens is 482 g/mol. The molecule has 1 aliphatic rings. The molecule has 0 radical (unpaired) electrons. The molecule has 0 saturated carbocycles. The third kappa shape index (κ3) is 5.91. The summed E-state index contributed by atoms with van der Waals surface area (Å²) in [4.78, 5) is 13.8. The molecule has 0 saturated heterocycles. The molecular formula is C26H25N3O4S2. The maximum absolute atomic E-state index is 12.7. The Kier molecular flexibility index (Phi) is 7.54. The smallest absolute Gasteiger partial charge is 0.261 e. The number of amides is 1. The van der Waals surface area contributed by atoms with E-state index in [1.807, 2.05) is 0 Å². The van der Waals surface area contributed by atoms with E-state index in [1.165, 1.54) is 41.5 Å². The highest BCUT2D eigenvalue weighted by Gasteiger charge is 2.20. The van der Waals surface area contributed by atoms with Gasteiger partial charge in [-0.2, -0.15) is 5.26 Å². The maximum atomic E-state index is 12.7. The molecule has 1 aliphatic carbocycles. The summed E-state index contributed by atoms with van der Waals surface area (Å²) in [6.45, 7) is 0. The molecule has 0 atom stereocenters. The van der Waals surface area contributed by atoms with Gasteiger partial charge in [0.25, 0.3) is 10.0 Å². The molecule has 3 aromatic rings. The number of nitriles is 1. The predicted molar refractivity (Wildman–Crippen MR) is 138 cm³/mol. The quantitative estimate of drug-likeness (QED) is 0.331. The molecule has 0 fully saturated rings. The summed E-state index contributed by atoms with van der Waals surface area (Å²) in [6.07, 6.45) is 8.14. The van der Waals surface area contributed by atoms with Crippen molar-refractivity contribution in [1.29, 1.82) is 5.26 Å². The fourth-order valence-electron chi connectivity index (χ4n) is 3.91. The molecule has 35 heavy (non-hydrogen) atoms. The van der Waals surface area contributed by atoms with E-state index in [0.717, 1.165) is 37.7 Å². The number of hydrogen-bond donors (Lipinski definition) is 2. The Morgan fingerprint density at radius 3 is 2.46 bits per heavy atom. The van der Waals surface area contributed by atoms with Crippen molar-refractivity contribution in [3.63, 3.8) is 0 Å². The summed E-state index contributed by atoms with van der Waals surface area (Å²) in [6, 6.07) is 15.0. The van der Waals surface area contributed by atoms with Crippen molar-refractivity contribution in [2.75, 3.05) is 17.1 Å². The summed E-state index contributed by atoms with van der Waals surface area (Å²) >= 11 is 1.49. The first-order valence-corrected chi connectivity index (χ1v) is 13.5. The molecule has 0 aliphatic heterocycles. The van der Waals surface area contributed by atoms with Crippen LogP contribution in [0.4, 0.5) is 10.7 Å². The van der Waals surface area contributed by atoms with Crippen LogP contribution in [0.2, 0.25) is 0 Å². The van der Waals surface area contributed by atoms with Crippen molar-refractivity contribution in [3.05, 3.63) is 76.2 Å². The zero-order valence-corrected chi connectivity index (χ0v) is 20.8. The first kappa shape index (κ1) is 24.5. The van der Waals surface area contributed by atoms with Crippen LogP contribution in [0.15, 0.2) is 59.5 Å². The van der Waals surface area contributed by atoms with Crippen molar-refractivity contribution >= 4 is 44.0 Å². The molecule has 2 N–H and O–H groups in total. The van der Waals surface area contributed by atoms with Crippen molar-refractivity contribution in [3.8, 4) is 11.8 Å². The van der Waals surface area contributed by atoms with Gasteiger partial charge in [-0.25, -0.2) is 8.42 Å². The van der Waals surface area contributed by atoms with Crippen molar-refractivity contribution in [2.45, 2.75) is 37.0 Å². The van der Waals surface area contributed by atoms with Gasteiger partial charge < -0.3 is 10.1 Å². The van der Waals surface area contributed by atoms with E-state index in [1.54, 1.807) is 42.5 Å². The second-order valence-corrected chi connectivity index (χ2v) is 10.9. The monoisotopic (exact) mass is 507 g/mol. The molecule has 9 heteroatoms. The molecule has 7 nitrogen and oxygen atoms in total. The molecule has 180 valence electrons. The van der Waals surface area contributed by atoms with Crippen molar-refractivity contribution < 1.29 is 17.9 Å². The fourth-order valence-corrected chi connectivity index (χ4v) is 6.21. The van der Waals surface area contributed by atoms with Crippen LogP contribution in [-0.4, -0.2) is 21.4 Å². The largest absolute Gasteiger partial charge is 0.497 e. The summed E-state index contributed by atoms with van der Waals surface area (Å²) < 4.78 is 32.9. The van der Waals surface area contributed by atoms with Crippen LogP contribution < -0.4 is 14.8 Å². The van der Waals surface area contributed by atoms with Crippen LogP contribution >= 0.6 is 11.3 Å². The van der Waals surface area contributed by atoms with Crippen LogP contribution in [0.5, 0.6) is 5.75 Å². The van der Waals surface area contributed by atoms with Gasteiger partial charge in [-0.05, 0) is 79.3 Å². The van der Waals surface area contributed by atoms with Gasteiger partial charge in [-0.15, -0.1) is 11.3 Å². The summed E-state index contributed by atoms with van der Waals surface area (Å²) in [5.41, 5.74) is 2.75. The molecule has 1 heterocycles. The number of benzene rings is 2. The number of sulfonamides is 1. The van der Waals surface area contributed by atoms with E-state index < -0.39 is 10.0 Å². The van der Waals surface area contributed by atoms with Crippen LogP contribution in [0.3, 0.4) is 0 Å². The van der Waals surface area contributed by atoms with Gasteiger partial charge in [0.05, 0.1) is 17.6 Å². The number of ether oxygens (including phenoxy) is 1. The topological polar surface area (TPSA) is 108 Å². The number of nitrogens with zero attached hydrogens (tertiary/aromatic N) is 1. The molecule has 1 aromatic heterocycles. The van der Waals surface area contributed by atoms with Crippen LogP contribution in [0.25, 0.3) is 6.08 Å². The third-order valence-corrected chi connectivity index (χ3v) is 8.33. The highest BCUT2D eigenvalue weighted by Crippen LogP contribution is 2.37. The number of carbonyl (C=O) groups is 1. The Labute approximate surface area is 209 Å². The lowest BCUT2D eigenvalue weighted by molar-refractivity contribution is -0.111. The predicted octanol–water partition coefficient (Wildman–Crippen LogP) is 5.35. The minimum atomic E-state index is -3.76. The number of rotatable bonds is 7. The van der Waals surface area contributed by atoms with E-state index in [9.17, 15) is 18.5 Å². The average molecular weight is 508 g/mol. The highest BCUT2D eigenvalue weighted by molar-refractivity contribution is 7.92. The van der Waals surface area contributed by atoms with E-state index in [0.29, 0.717) is 27.6 Å². The average Bonchev–Trinajstić information content (AvgIpc) is 3.01. The van der Waals surface area contributed by atoms with E-state index in [2.05, 4.69) is 16.1 Å². The van der Waals surface area contributed by atoms with E-state index >= 15 is 0 Å². The Hall–Kier alpha value is -3.61. The molecule has 0 spiro atoms. The van der Waals surface area contributed by atoms with Gasteiger partial charge in [-0.3, -0.25) is 9.52 Å². The van der Waals surface area contributed by atoms with Crippen molar-refractivity contribution in [1.82, 2.24) is 0 Å². The first-order valence-electron chi connectivity index (χ1n) is 11.2. The lowest BCUT2D eigenvalue weighted by atomic mass is 10.1. The highest BCUT2D eigenvalue weighted by atomic mass is 32.2. The Morgan fingerprint density at radius 2 is 1.77 bits per heavy atom. The van der Waals surface area contributed by atoms with E-state index in [-0.39, 0.29) is 10.8 Å². The van der Waals surface area contributed by atoms with Gasteiger partial charge >= 0.3 is 0 Å². The van der Waals surface area contributed by atoms with Crippen LogP contribution in [0, 0.1) is 11.3 Å². The molecule has 0 unspecified atom stereocenters. The minimum absolute atomic E-state index is 0.105. The van der Waals surface area contributed by atoms with Crippen LogP contribution in [0.1, 0.15) is 40.8 Å². The Bertz CT molecular complexity index is 1380. The molecule has 1 amide bonds. The molecule has 2 aromatic carbocycles. The second kappa shape index (κ2) is 10.8. The number of carbonyl (C=O) groups excluding carboxylic acids is 1. The van der Waals surface area contributed by atoms with Gasteiger partial charge in [0, 0.05) is 16.6 Å². The number of anilines is 2. The SMILES string of the molecule is COc1ccc(NS(=O)(=O)c2ccc(C=CC(=O)Nc3sc4c(c3C#N)CCCCC4)cc2)cc1. The van der Waals surface area contributed by atoms with Crippen LogP contribution in [-0.2, 0) is 27.7 Å². The zero-order chi connectivity index (χ0) is 24.8. The number of thiophene rings is 1. The van der Waals surface area contributed by atoms with E-state index in [4.69, 9.17) is 4.74 Å². The van der Waals surface area contributed by atoms with Gasteiger partial charge in [0.15, 0.2) is 0 Å². The fraction of sp³-hybridized carbons (Fsp3) is 0.231. The number of hydrogen-bond acceptors (Lipinski definition) is 6. The zero-order valence-electron chi connectivity index (χ0n) is 19.2. The Balaban J connectivity index is 1.41. The lowest BCUT2D eigenvalue weighted by Crippen LogP contribution is -2.12. The number of nitrogens with one attached hydrogen (secondary N) is 2. The Morgan fingerprint density at radius 1 is 1.06 bits per heavy atom. The van der Waals surface area contributed by atoms with Gasteiger partial charge in [0.1, 0.15) is 16.8 Å². The molecule has 0 bridgehead atoms. The standard InChI is InChI=1S/C26H25N3O4S2/c1-33-20-12-10-19(11-13-20)29-35(31,32)21-14-7-18(8-15-21)9-16-25(30)28-26-23(17-27)22-5-3-2-4-6-24(22)34-26/h7-16,29H,2-6H2,1H3,(H,28,30). The third-order valence-electron chi connectivity index (χ3n) is 5.73. The van der Waals surface area contributed by atoms with Gasteiger partial charge in [-0.1, -0.05) is 18.6 Å². The van der Waals surface area contributed by atoms with Crippen molar-refractivity contribution in [2.24, 2.45) is 0 Å².